The minimum Gasteiger partial charge on any atom is -0.267 e. The summed E-state index contributed by atoms with van der Waals surface area (Å²) in [5.41, 5.74) is 6.09. The Hall–Kier alpha value is -3.29. The second kappa shape index (κ2) is 6.45. The van der Waals surface area contributed by atoms with Crippen LogP contribution in [0.4, 0.5) is 0 Å². The van der Waals surface area contributed by atoms with Crippen LogP contribution in [-0.4, -0.2) is 31.6 Å². The van der Waals surface area contributed by atoms with E-state index in [4.69, 9.17) is 0 Å². The van der Waals surface area contributed by atoms with E-state index in [0.717, 1.165) is 5.39 Å². The van der Waals surface area contributed by atoms with Gasteiger partial charge in [-0.3, -0.25) is 25.4 Å². The van der Waals surface area contributed by atoms with E-state index in [1.807, 2.05) is 13.8 Å². The van der Waals surface area contributed by atoms with Gasteiger partial charge in [-0.25, -0.2) is 9.67 Å². The standard InChI is InChI=1S/C16H16N6O2/c1-10(2)22-14-12(9-19-22)6-13(8-18-14)16(24)21-20-15(23)11-4-3-5-17-7-11/h3-10H,1-2H3,(H,20,23)(H,21,24). The Bertz CT molecular complexity index is 888. The van der Waals surface area contributed by atoms with Gasteiger partial charge in [-0.2, -0.15) is 5.10 Å². The summed E-state index contributed by atoms with van der Waals surface area (Å²) in [7, 11) is 0. The Morgan fingerprint density at radius 3 is 2.50 bits per heavy atom. The Kier molecular flexibility index (Phi) is 4.19. The van der Waals surface area contributed by atoms with E-state index in [1.54, 1.807) is 35.3 Å². The maximum absolute atomic E-state index is 12.2. The molecule has 0 radical (unpaired) electrons. The number of amides is 2. The van der Waals surface area contributed by atoms with Gasteiger partial charge in [0.1, 0.15) is 0 Å². The molecule has 8 heteroatoms. The predicted octanol–water partition coefficient (Wildman–Crippen LogP) is 1.48. The van der Waals surface area contributed by atoms with Gasteiger partial charge in [0.05, 0.1) is 17.3 Å². The monoisotopic (exact) mass is 324 g/mol. The summed E-state index contributed by atoms with van der Waals surface area (Å²) in [4.78, 5) is 32.2. The Balaban J connectivity index is 1.71. The van der Waals surface area contributed by atoms with Crippen LogP contribution in [0.15, 0.2) is 43.0 Å². The highest BCUT2D eigenvalue weighted by Gasteiger charge is 2.13. The number of hydrogen-bond acceptors (Lipinski definition) is 5. The Labute approximate surface area is 137 Å². The fourth-order valence-corrected chi connectivity index (χ4v) is 2.20. The summed E-state index contributed by atoms with van der Waals surface area (Å²) in [6.45, 7) is 4.01. The zero-order valence-corrected chi connectivity index (χ0v) is 13.2. The van der Waals surface area contributed by atoms with E-state index in [1.165, 1.54) is 12.4 Å². The molecule has 3 aromatic heterocycles. The molecule has 0 saturated carbocycles. The lowest BCUT2D eigenvalue weighted by atomic mass is 10.2. The van der Waals surface area contributed by atoms with Crippen molar-refractivity contribution in [3.05, 3.63) is 54.1 Å². The van der Waals surface area contributed by atoms with Crippen molar-refractivity contribution in [2.45, 2.75) is 19.9 Å². The zero-order valence-electron chi connectivity index (χ0n) is 13.2. The van der Waals surface area contributed by atoms with Gasteiger partial charge in [-0.05, 0) is 32.0 Å². The summed E-state index contributed by atoms with van der Waals surface area (Å²) in [5, 5.41) is 5.01. The molecule has 0 bridgehead atoms. The molecular formula is C16H16N6O2. The van der Waals surface area contributed by atoms with Crippen LogP contribution < -0.4 is 10.9 Å². The molecule has 3 heterocycles. The molecule has 0 aliphatic heterocycles. The first-order chi connectivity index (χ1) is 11.6. The number of pyridine rings is 2. The lowest BCUT2D eigenvalue weighted by molar-refractivity contribution is 0.0846. The third-order valence-electron chi connectivity index (χ3n) is 3.40. The molecular weight excluding hydrogens is 308 g/mol. The summed E-state index contributed by atoms with van der Waals surface area (Å²) < 4.78 is 1.78. The maximum atomic E-state index is 12.2. The average molecular weight is 324 g/mol. The second-order valence-electron chi connectivity index (χ2n) is 5.47. The molecule has 3 rings (SSSR count). The smallest absolute Gasteiger partial charge is 0.267 e. The predicted molar refractivity (Wildman–Crippen MR) is 87.1 cm³/mol. The van der Waals surface area contributed by atoms with Crippen LogP contribution in [0.1, 0.15) is 40.6 Å². The number of hydrogen-bond donors (Lipinski definition) is 2. The number of nitrogens with one attached hydrogen (secondary N) is 2. The summed E-state index contributed by atoms with van der Waals surface area (Å²) in [5.74, 6) is -0.906. The molecule has 0 fully saturated rings. The van der Waals surface area contributed by atoms with Crippen molar-refractivity contribution in [3.63, 3.8) is 0 Å². The van der Waals surface area contributed by atoms with Gasteiger partial charge in [0.15, 0.2) is 5.65 Å². The minimum atomic E-state index is -0.459. The quantitative estimate of drug-likeness (QED) is 0.711. The van der Waals surface area contributed by atoms with E-state index >= 15 is 0 Å². The van der Waals surface area contributed by atoms with Crippen LogP contribution in [0.2, 0.25) is 0 Å². The van der Waals surface area contributed by atoms with Gasteiger partial charge >= 0.3 is 0 Å². The molecule has 8 nitrogen and oxygen atoms in total. The van der Waals surface area contributed by atoms with Crippen molar-refractivity contribution in [1.29, 1.82) is 0 Å². The molecule has 0 spiro atoms. The molecule has 24 heavy (non-hydrogen) atoms. The molecule has 122 valence electrons. The summed E-state index contributed by atoms with van der Waals surface area (Å²) >= 11 is 0. The van der Waals surface area contributed by atoms with Gasteiger partial charge < -0.3 is 0 Å². The van der Waals surface area contributed by atoms with Crippen molar-refractivity contribution in [1.82, 2.24) is 30.6 Å². The van der Waals surface area contributed by atoms with Crippen molar-refractivity contribution < 1.29 is 9.59 Å². The van der Waals surface area contributed by atoms with Crippen molar-refractivity contribution in [2.75, 3.05) is 0 Å². The van der Waals surface area contributed by atoms with Crippen molar-refractivity contribution in [3.8, 4) is 0 Å². The highest BCUT2D eigenvalue weighted by atomic mass is 16.2. The maximum Gasteiger partial charge on any atom is 0.271 e. The average Bonchev–Trinajstić information content (AvgIpc) is 3.03. The number of carbonyl (C=O) groups is 2. The van der Waals surface area contributed by atoms with E-state index in [-0.39, 0.29) is 6.04 Å². The number of carbonyl (C=O) groups excluding carboxylic acids is 2. The van der Waals surface area contributed by atoms with Crippen LogP contribution in [-0.2, 0) is 0 Å². The molecule has 0 saturated heterocycles. The third-order valence-corrected chi connectivity index (χ3v) is 3.40. The first-order valence-electron chi connectivity index (χ1n) is 7.40. The topological polar surface area (TPSA) is 102 Å². The van der Waals surface area contributed by atoms with E-state index in [2.05, 4.69) is 25.9 Å². The van der Waals surface area contributed by atoms with E-state index in [9.17, 15) is 9.59 Å². The highest BCUT2D eigenvalue weighted by molar-refractivity contribution is 6.00. The third kappa shape index (κ3) is 3.07. The lowest BCUT2D eigenvalue weighted by Gasteiger charge is -2.08. The van der Waals surface area contributed by atoms with Crippen LogP contribution in [0.5, 0.6) is 0 Å². The van der Waals surface area contributed by atoms with Crippen molar-refractivity contribution >= 4 is 22.8 Å². The van der Waals surface area contributed by atoms with Gasteiger partial charge in [-0.15, -0.1) is 0 Å². The fourth-order valence-electron chi connectivity index (χ4n) is 2.20. The number of aromatic nitrogens is 4. The molecule has 3 aromatic rings. The first-order valence-corrected chi connectivity index (χ1v) is 7.40. The summed E-state index contributed by atoms with van der Waals surface area (Å²) in [6, 6.07) is 5.09. The molecule has 0 aliphatic carbocycles. The fraction of sp³-hybridized carbons (Fsp3) is 0.188. The molecule has 2 N–H and O–H groups in total. The zero-order chi connectivity index (χ0) is 17.1. The van der Waals surface area contributed by atoms with Gasteiger partial charge in [0.25, 0.3) is 11.8 Å². The number of hydrazine groups is 1. The SMILES string of the molecule is CC(C)n1ncc2cc(C(=O)NNC(=O)c3cccnc3)cnc21. The first kappa shape index (κ1) is 15.6. The van der Waals surface area contributed by atoms with Crippen molar-refractivity contribution in [2.24, 2.45) is 0 Å². The normalized spacial score (nSPS) is 10.8. The molecule has 2 amide bonds. The van der Waals surface area contributed by atoms with Crippen LogP contribution in [0.25, 0.3) is 11.0 Å². The molecule has 0 atom stereocenters. The molecule has 0 aromatic carbocycles. The van der Waals surface area contributed by atoms with Gasteiger partial charge in [-0.1, -0.05) is 0 Å². The van der Waals surface area contributed by atoms with Gasteiger partial charge in [0.2, 0.25) is 0 Å². The van der Waals surface area contributed by atoms with Crippen LogP contribution >= 0.6 is 0 Å². The van der Waals surface area contributed by atoms with Crippen LogP contribution in [0, 0.1) is 0 Å². The number of nitrogens with zero attached hydrogens (tertiary/aromatic N) is 4. The largest absolute Gasteiger partial charge is 0.271 e. The van der Waals surface area contributed by atoms with Crippen LogP contribution in [0.3, 0.4) is 0 Å². The lowest BCUT2D eigenvalue weighted by Crippen LogP contribution is -2.41. The van der Waals surface area contributed by atoms with E-state index < -0.39 is 11.8 Å². The second-order valence-corrected chi connectivity index (χ2v) is 5.47. The number of fused-ring (bicyclic) bond motifs is 1. The number of rotatable bonds is 3. The molecule has 0 aliphatic rings. The summed E-state index contributed by atoms with van der Waals surface area (Å²) in [6.07, 6.45) is 6.09. The highest BCUT2D eigenvalue weighted by Crippen LogP contribution is 2.16. The molecule has 0 unspecified atom stereocenters. The minimum absolute atomic E-state index is 0.174. The Morgan fingerprint density at radius 1 is 1.08 bits per heavy atom. The van der Waals surface area contributed by atoms with Gasteiger partial charge in [0, 0.05) is 30.0 Å². The Morgan fingerprint density at radius 2 is 1.83 bits per heavy atom. The van der Waals surface area contributed by atoms with E-state index in [0.29, 0.717) is 16.8 Å².